The van der Waals surface area contributed by atoms with E-state index in [4.69, 9.17) is 9.84 Å². The van der Waals surface area contributed by atoms with Crippen LogP contribution < -0.4 is 11.2 Å². The zero-order chi connectivity index (χ0) is 12.6. The highest BCUT2D eigenvalue weighted by molar-refractivity contribution is 14.1. The summed E-state index contributed by atoms with van der Waals surface area (Å²) in [5, 5.41) is 18.5. The summed E-state index contributed by atoms with van der Waals surface area (Å²) in [5.41, 5.74) is -1.05. The first kappa shape index (κ1) is 15.3. The third kappa shape index (κ3) is 2.80. The number of hydrogen-bond donors (Lipinski definition) is 3. The van der Waals surface area contributed by atoms with E-state index < -0.39 is 29.7 Å². The Morgan fingerprint density at radius 2 is 2.22 bits per heavy atom. The zero-order valence-corrected chi connectivity index (χ0v) is 11.3. The fourth-order valence-corrected chi connectivity index (χ4v) is 2.16. The molecule has 1 aromatic rings. The normalized spacial score (nSPS) is 26.9. The molecule has 102 valence electrons. The molecule has 0 spiro atoms. The minimum absolute atomic E-state index is 0. The van der Waals surface area contributed by atoms with Crippen molar-refractivity contribution >= 4 is 22.6 Å². The Bertz CT molecular complexity index is 527. The van der Waals surface area contributed by atoms with Gasteiger partial charge in [0.1, 0.15) is 12.3 Å². The van der Waals surface area contributed by atoms with E-state index in [-0.39, 0.29) is 18.5 Å². The second kappa shape index (κ2) is 5.93. The minimum atomic E-state index is -0.818. The van der Waals surface area contributed by atoms with Crippen LogP contribution in [0.25, 0.3) is 0 Å². The van der Waals surface area contributed by atoms with E-state index in [0.717, 1.165) is 0 Å². The summed E-state index contributed by atoms with van der Waals surface area (Å²) in [5.74, 6) is 0. The summed E-state index contributed by atoms with van der Waals surface area (Å²) in [4.78, 5) is 24.9. The second-order valence-electron chi connectivity index (χ2n) is 3.76. The summed E-state index contributed by atoms with van der Waals surface area (Å²) in [6.45, 7) is -0.313. The first-order chi connectivity index (χ1) is 8.02. The van der Waals surface area contributed by atoms with Crippen molar-refractivity contribution in [3.63, 3.8) is 0 Å². The molecule has 2 rings (SSSR count). The predicted octanol–water partition coefficient (Wildman–Crippen LogP) is -2.04. The first-order valence-electron chi connectivity index (χ1n) is 4.98. The van der Waals surface area contributed by atoms with Crippen LogP contribution in [0.15, 0.2) is 15.8 Å². The Balaban J connectivity index is 0.00000162. The molecule has 1 aliphatic heterocycles. The third-order valence-electron chi connectivity index (χ3n) is 2.62. The number of aliphatic hydroxyl groups is 2. The van der Waals surface area contributed by atoms with Gasteiger partial charge in [-0.15, -0.1) is 0 Å². The van der Waals surface area contributed by atoms with Gasteiger partial charge in [0.05, 0.1) is 16.3 Å². The van der Waals surface area contributed by atoms with Crippen molar-refractivity contribution in [1.82, 2.24) is 9.55 Å². The van der Waals surface area contributed by atoms with Crippen LogP contribution >= 0.6 is 22.6 Å². The molecule has 9 heteroatoms. The number of nitrogens with zero attached hydrogens (tertiary/aromatic N) is 1. The predicted molar refractivity (Wildman–Crippen MR) is 69.3 cm³/mol. The quantitative estimate of drug-likeness (QED) is 0.514. The molecule has 1 fully saturated rings. The number of hydrogen-bond acceptors (Lipinski definition) is 5. The number of aromatic amines is 1. The SMILES string of the molecule is O.O=c1[nH]c(=O)n(C2CC(O)C(CO)O2)cc1I. The average molecular weight is 372 g/mol. The molecular formula is C9H13IN2O6. The van der Waals surface area contributed by atoms with Gasteiger partial charge < -0.3 is 20.4 Å². The number of nitrogens with one attached hydrogen (secondary N) is 1. The van der Waals surface area contributed by atoms with Gasteiger partial charge in [-0.25, -0.2) is 4.79 Å². The summed E-state index contributed by atoms with van der Waals surface area (Å²) < 4.78 is 6.89. The van der Waals surface area contributed by atoms with E-state index in [0.29, 0.717) is 3.57 Å². The summed E-state index contributed by atoms with van der Waals surface area (Å²) in [6, 6.07) is 0. The Morgan fingerprint density at radius 3 is 2.78 bits per heavy atom. The zero-order valence-electron chi connectivity index (χ0n) is 9.17. The lowest BCUT2D eigenvalue weighted by Crippen LogP contribution is -2.33. The maximum atomic E-state index is 11.6. The number of H-pyrrole nitrogens is 1. The summed E-state index contributed by atoms with van der Waals surface area (Å²) in [6.07, 6.45) is -0.607. The van der Waals surface area contributed by atoms with E-state index in [9.17, 15) is 14.7 Å². The molecule has 3 atom stereocenters. The highest BCUT2D eigenvalue weighted by Gasteiger charge is 2.34. The monoisotopic (exact) mass is 372 g/mol. The Kier molecular flexibility index (Phi) is 5.04. The van der Waals surface area contributed by atoms with Crippen LogP contribution in [0.3, 0.4) is 0 Å². The molecule has 1 aromatic heterocycles. The lowest BCUT2D eigenvalue weighted by Gasteiger charge is -2.14. The number of ether oxygens (including phenoxy) is 1. The van der Waals surface area contributed by atoms with Gasteiger partial charge in [0, 0.05) is 12.6 Å². The van der Waals surface area contributed by atoms with Crippen LogP contribution in [-0.2, 0) is 4.74 Å². The molecule has 0 radical (unpaired) electrons. The van der Waals surface area contributed by atoms with Crippen molar-refractivity contribution in [2.75, 3.05) is 6.61 Å². The van der Waals surface area contributed by atoms with Crippen molar-refractivity contribution in [2.24, 2.45) is 0 Å². The standard InChI is InChI=1S/C9H11IN2O5.H2O/c10-4-2-12(9(16)11-8(4)15)7-1-5(14)6(3-13)17-7;/h2,5-7,13-14H,1,3H2,(H,11,15,16);1H2. The van der Waals surface area contributed by atoms with E-state index in [1.807, 2.05) is 0 Å². The fourth-order valence-electron chi connectivity index (χ4n) is 1.72. The molecule has 0 aromatic carbocycles. The largest absolute Gasteiger partial charge is 0.412 e. The number of aromatic nitrogens is 2. The van der Waals surface area contributed by atoms with Gasteiger partial charge in [0.15, 0.2) is 0 Å². The number of rotatable bonds is 2. The topological polar surface area (TPSA) is 136 Å². The van der Waals surface area contributed by atoms with Crippen LogP contribution in [-0.4, -0.2) is 44.1 Å². The van der Waals surface area contributed by atoms with E-state index in [2.05, 4.69) is 4.98 Å². The summed E-state index contributed by atoms with van der Waals surface area (Å²) >= 11 is 1.80. The summed E-state index contributed by atoms with van der Waals surface area (Å²) in [7, 11) is 0. The fraction of sp³-hybridized carbons (Fsp3) is 0.556. The van der Waals surface area contributed by atoms with Gasteiger partial charge in [-0.1, -0.05) is 0 Å². The first-order valence-corrected chi connectivity index (χ1v) is 6.06. The van der Waals surface area contributed by atoms with E-state index >= 15 is 0 Å². The van der Waals surface area contributed by atoms with Crippen LogP contribution in [0.4, 0.5) is 0 Å². The third-order valence-corrected chi connectivity index (χ3v) is 3.39. The molecule has 0 aliphatic carbocycles. The molecule has 1 saturated heterocycles. The highest BCUT2D eigenvalue weighted by Crippen LogP contribution is 2.27. The second-order valence-corrected chi connectivity index (χ2v) is 4.92. The molecule has 0 amide bonds. The lowest BCUT2D eigenvalue weighted by atomic mass is 10.2. The van der Waals surface area contributed by atoms with E-state index in [1.54, 1.807) is 22.6 Å². The van der Waals surface area contributed by atoms with Gasteiger partial charge in [-0.2, -0.15) is 0 Å². The van der Waals surface area contributed by atoms with Crippen molar-refractivity contribution in [1.29, 1.82) is 0 Å². The number of halogens is 1. The molecule has 2 heterocycles. The van der Waals surface area contributed by atoms with Crippen LogP contribution in [0.1, 0.15) is 12.6 Å². The minimum Gasteiger partial charge on any atom is -0.412 e. The van der Waals surface area contributed by atoms with Gasteiger partial charge in [0.25, 0.3) is 5.56 Å². The smallest absolute Gasteiger partial charge is 0.330 e. The molecule has 1 aliphatic rings. The van der Waals surface area contributed by atoms with Crippen molar-refractivity contribution in [2.45, 2.75) is 24.9 Å². The maximum absolute atomic E-state index is 11.6. The van der Waals surface area contributed by atoms with Crippen LogP contribution in [0.5, 0.6) is 0 Å². The van der Waals surface area contributed by atoms with Gasteiger partial charge >= 0.3 is 5.69 Å². The molecule has 5 N–H and O–H groups in total. The molecule has 18 heavy (non-hydrogen) atoms. The van der Waals surface area contributed by atoms with Gasteiger partial charge in [-0.3, -0.25) is 14.3 Å². The Labute approximate surface area is 115 Å². The van der Waals surface area contributed by atoms with E-state index in [1.165, 1.54) is 10.8 Å². The van der Waals surface area contributed by atoms with Crippen LogP contribution in [0.2, 0.25) is 0 Å². The number of aliphatic hydroxyl groups excluding tert-OH is 2. The average Bonchev–Trinajstić information content (AvgIpc) is 2.65. The molecule has 8 nitrogen and oxygen atoms in total. The van der Waals surface area contributed by atoms with Crippen LogP contribution in [0, 0.1) is 3.57 Å². The van der Waals surface area contributed by atoms with Crippen molar-refractivity contribution < 1.29 is 20.4 Å². The maximum Gasteiger partial charge on any atom is 0.330 e. The molecule has 0 bridgehead atoms. The molecular weight excluding hydrogens is 359 g/mol. The van der Waals surface area contributed by atoms with Gasteiger partial charge in [0.2, 0.25) is 0 Å². The van der Waals surface area contributed by atoms with Crippen molar-refractivity contribution in [3.05, 3.63) is 30.6 Å². The molecule has 3 unspecified atom stereocenters. The Hall–Kier alpha value is -0.750. The van der Waals surface area contributed by atoms with Gasteiger partial charge in [-0.05, 0) is 22.6 Å². The highest BCUT2D eigenvalue weighted by atomic mass is 127. The van der Waals surface area contributed by atoms with Crippen molar-refractivity contribution in [3.8, 4) is 0 Å². The Morgan fingerprint density at radius 1 is 1.56 bits per heavy atom. The molecule has 0 saturated carbocycles. The lowest BCUT2D eigenvalue weighted by molar-refractivity contribution is -0.0459.